The second-order valence-electron chi connectivity index (χ2n) is 3.61. The molecule has 10 heavy (non-hydrogen) atoms. The fraction of sp³-hybridized carbons (Fsp3) is 1.00. The van der Waals surface area contributed by atoms with Crippen molar-refractivity contribution in [3.05, 3.63) is 0 Å². The van der Waals surface area contributed by atoms with E-state index in [4.69, 9.17) is 0 Å². The Morgan fingerprint density at radius 2 is 2.40 bits per heavy atom. The molecule has 60 valence electrons. The summed E-state index contributed by atoms with van der Waals surface area (Å²) < 4.78 is 0. The van der Waals surface area contributed by atoms with Crippen LogP contribution in [0.15, 0.2) is 0 Å². The summed E-state index contributed by atoms with van der Waals surface area (Å²) in [7, 11) is 0. The van der Waals surface area contributed by atoms with E-state index in [0.29, 0.717) is 0 Å². The molecule has 1 aliphatic heterocycles. The Bertz CT molecular complexity index is 84.7. The van der Waals surface area contributed by atoms with Crippen LogP contribution in [0.5, 0.6) is 0 Å². The maximum absolute atomic E-state index is 3.40. The molecule has 1 saturated heterocycles. The van der Waals surface area contributed by atoms with E-state index >= 15 is 0 Å². The van der Waals surface area contributed by atoms with Crippen molar-refractivity contribution in [1.82, 2.24) is 5.32 Å². The number of nitrogens with one attached hydrogen (secondary N) is 1. The van der Waals surface area contributed by atoms with Gasteiger partial charge in [-0.25, -0.2) is 0 Å². The number of rotatable bonds is 3. The van der Waals surface area contributed by atoms with Gasteiger partial charge in [0.15, 0.2) is 0 Å². The zero-order valence-corrected chi connectivity index (χ0v) is 7.19. The molecule has 1 heteroatoms. The van der Waals surface area contributed by atoms with Crippen molar-refractivity contribution in [2.24, 2.45) is 11.8 Å². The fourth-order valence-electron chi connectivity index (χ4n) is 1.65. The Kier molecular flexibility index (Phi) is 3.20. The van der Waals surface area contributed by atoms with Gasteiger partial charge in [-0.05, 0) is 37.8 Å². The minimum atomic E-state index is 0.935. The predicted molar refractivity (Wildman–Crippen MR) is 45.0 cm³/mol. The minimum Gasteiger partial charge on any atom is -0.316 e. The molecule has 1 heterocycles. The summed E-state index contributed by atoms with van der Waals surface area (Å²) in [5.41, 5.74) is 0. The van der Waals surface area contributed by atoms with Gasteiger partial charge in [-0.15, -0.1) is 0 Å². The zero-order valence-electron chi connectivity index (χ0n) is 7.19. The zero-order chi connectivity index (χ0) is 7.40. The first kappa shape index (κ1) is 8.06. The highest BCUT2D eigenvalue weighted by molar-refractivity contribution is 4.72. The molecule has 2 atom stereocenters. The van der Waals surface area contributed by atoms with Gasteiger partial charge in [-0.1, -0.05) is 20.3 Å². The van der Waals surface area contributed by atoms with Crippen LogP contribution in [0.4, 0.5) is 0 Å². The van der Waals surface area contributed by atoms with Crippen molar-refractivity contribution >= 4 is 0 Å². The molecule has 0 aliphatic carbocycles. The second-order valence-corrected chi connectivity index (χ2v) is 3.61. The van der Waals surface area contributed by atoms with Crippen LogP contribution in [-0.4, -0.2) is 13.1 Å². The van der Waals surface area contributed by atoms with Gasteiger partial charge in [0.2, 0.25) is 0 Å². The molecular weight excluding hydrogens is 122 g/mol. The van der Waals surface area contributed by atoms with Crippen LogP contribution < -0.4 is 5.32 Å². The van der Waals surface area contributed by atoms with Crippen LogP contribution >= 0.6 is 0 Å². The molecule has 0 bridgehead atoms. The van der Waals surface area contributed by atoms with Gasteiger partial charge in [-0.3, -0.25) is 0 Å². The lowest BCUT2D eigenvalue weighted by Crippen LogP contribution is -2.11. The standard InChI is InChI=1S/C9H19N/c1-3-8(2)6-9-4-5-10-7-9/h8-10H,3-7H2,1-2H3. The smallest absolute Gasteiger partial charge is 0.00199 e. The Balaban J connectivity index is 2.11. The molecule has 1 N–H and O–H groups in total. The summed E-state index contributed by atoms with van der Waals surface area (Å²) in [4.78, 5) is 0. The van der Waals surface area contributed by atoms with E-state index in [1.807, 2.05) is 0 Å². The topological polar surface area (TPSA) is 12.0 Å². The van der Waals surface area contributed by atoms with E-state index in [9.17, 15) is 0 Å². The molecule has 0 amide bonds. The van der Waals surface area contributed by atoms with Crippen LogP contribution in [0.2, 0.25) is 0 Å². The van der Waals surface area contributed by atoms with Gasteiger partial charge in [0, 0.05) is 0 Å². The van der Waals surface area contributed by atoms with Crippen molar-refractivity contribution in [3.63, 3.8) is 0 Å². The van der Waals surface area contributed by atoms with Gasteiger partial charge in [-0.2, -0.15) is 0 Å². The first-order valence-electron chi connectivity index (χ1n) is 4.53. The van der Waals surface area contributed by atoms with E-state index in [2.05, 4.69) is 19.2 Å². The lowest BCUT2D eigenvalue weighted by Gasteiger charge is -2.12. The minimum absolute atomic E-state index is 0.935. The normalized spacial score (nSPS) is 28.8. The molecule has 2 unspecified atom stereocenters. The predicted octanol–water partition coefficient (Wildman–Crippen LogP) is 2.03. The fourth-order valence-corrected chi connectivity index (χ4v) is 1.65. The summed E-state index contributed by atoms with van der Waals surface area (Å²) in [5, 5.41) is 3.40. The molecular formula is C9H19N. The lowest BCUT2D eigenvalue weighted by molar-refractivity contribution is 0.405. The quantitative estimate of drug-likeness (QED) is 0.634. The van der Waals surface area contributed by atoms with Crippen molar-refractivity contribution in [3.8, 4) is 0 Å². The molecule has 1 aliphatic rings. The SMILES string of the molecule is CCC(C)CC1CCNC1. The first-order chi connectivity index (χ1) is 4.83. The maximum Gasteiger partial charge on any atom is -0.00199 e. The lowest BCUT2D eigenvalue weighted by atomic mass is 9.94. The van der Waals surface area contributed by atoms with E-state index in [0.717, 1.165) is 11.8 Å². The Morgan fingerprint density at radius 1 is 1.60 bits per heavy atom. The summed E-state index contributed by atoms with van der Waals surface area (Å²) >= 11 is 0. The Labute approximate surface area is 64.2 Å². The van der Waals surface area contributed by atoms with Gasteiger partial charge in [0.1, 0.15) is 0 Å². The largest absolute Gasteiger partial charge is 0.316 e. The molecule has 1 nitrogen and oxygen atoms in total. The van der Waals surface area contributed by atoms with Crippen LogP contribution in [0.1, 0.15) is 33.1 Å². The summed E-state index contributed by atoms with van der Waals surface area (Å²) in [6.45, 7) is 7.16. The summed E-state index contributed by atoms with van der Waals surface area (Å²) in [6, 6.07) is 0. The highest BCUT2D eigenvalue weighted by Crippen LogP contribution is 2.19. The van der Waals surface area contributed by atoms with Crippen molar-refractivity contribution in [2.75, 3.05) is 13.1 Å². The van der Waals surface area contributed by atoms with Gasteiger partial charge in [0.25, 0.3) is 0 Å². The van der Waals surface area contributed by atoms with E-state index in [-0.39, 0.29) is 0 Å². The molecule has 0 aromatic carbocycles. The molecule has 0 spiro atoms. The van der Waals surface area contributed by atoms with Crippen LogP contribution in [-0.2, 0) is 0 Å². The highest BCUT2D eigenvalue weighted by atomic mass is 14.9. The average molecular weight is 141 g/mol. The maximum atomic E-state index is 3.40. The summed E-state index contributed by atoms with van der Waals surface area (Å²) in [5.74, 6) is 1.92. The van der Waals surface area contributed by atoms with E-state index in [1.165, 1.54) is 32.4 Å². The highest BCUT2D eigenvalue weighted by Gasteiger charge is 2.15. The molecule has 0 aromatic heterocycles. The van der Waals surface area contributed by atoms with Crippen molar-refractivity contribution in [2.45, 2.75) is 33.1 Å². The monoisotopic (exact) mass is 141 g/mol. The van der Waals surface area contributed by atoms with Crippen LogP contribution in [0, 0.1) is 11.8 Å². The number of hydrogen-bond acceptors (Lipinski definition) is 1. The molecule has 0 aromatic rings. The summed E-state index contributed by atoms with van der Waals surface area (Å²) in [6.07, 6.45) is 4.18. The second kappa shape index (κ2) is 3.97. The number of hydrogen-bond donors (Lipinski definition) is 1. The third-order valence-corrected chi connectivity index (χ3v) is 2.60. The van der Waals surface area contributed by atoms with Gasteiger partial charge < -0.3 is 5.32 Å². The Morgan fingerprint density at radius 3 is 2.90 bits per heavy atom. The van der Waals surface area contributed by atoms with Gasteiger partial charge in [0.05, 0.1) is 0 Å². The Hall–Kier alpha value is -0.0400. The van der Waals surface area contributed by atoms with Crippen LogP contribution in [0.25, 0.3) is 0 Å². The average Bonchev–Trinajstić information content (AvgIpc) is 2.40. The molecule has 1 fully saturated rings. The molecule has 1 rings (SSSR count). The van der Waals surface area contributed by atoms with Crippen molar-refractivity contribution < 1.29 is 0 Å². The van der Waals surface area contributed by atoms with E-state index < -0.39 is 0 Å². The molecule has 0 radical (unpaired) electrons. The first-order valence-corrected chi connectivity index (χ1v) is 4.53. The van der Waals surface area contributed by atoms with Crippen molar-refractivity contribution in [1.29, 1.82) is 0 Å². The van der Waals surface area contributed by atoms with Crippen LogP contribution in [0.3, 0.4) is 0 Å². The third kappa shape index (κ3) is 2.30. The molecule has 0 saturated carbocycles. The van der Waals surface area contributed by atoms with Gasteiger partial charge >= 0.3 is 0 Å². The third-order valence-electron chi connectivity index (χ3n) is 2.60. The van der Waals surface area contributed by atoms with E-state index in [1.54, 1.807) is 0 Å².